The summed E-state index contributed by atoms with van der Waals surface area (Å²) in [6, 6.07) is 14.1. The van der Waals surface area contributed by atoms with Gasteiger partial charge in [0.2, 0.25) is 3.79 Å². The molecule has 0 aromatic heterocycles. The summed E-state index contributed by atoms with van der Waals surface area (Å²) < 4.78 is -1.85. The molecule has 0 aliphatic rings. The van der Waals surface area contributed by atoms with Crippen molar-refractivity contribution in [3.8, 4) is 0 Å². The van der Waals surface area contributed by atoms with E-state index in [1.54, 1.807) is 24.3 Å². The molecule has 1 atom stereocenters. The maximum Gasteiger partial charge on any atom is 0.254 e. The summed E-state index contributed by atoms with van der Waals surface area (Å²) in [5, 5.41) is 8.87. The van der Waals surface area contributed by atoms with Gasteiger partial charge in [0.15, 0.2) is 5.11 Å². The molecule has 2 aromatic carbocycles. The number of rotatable bonds is 4. The van der Waals surface area contributed by atoms with Crippen molar-refractivity contribution in [2.45, 2.75) is 16.9 Å². The number of alkyl halides is 3. The Morgan fingerprint density at radius 3 is 2.27 bits per heavy atom. The van der Waals surface area contributed by atoms with Gasteiger partial charge in [-0.25, -0.2) is 0 Å². The summed E-state index contributed by atoms with van der Waals surface area (Å²) in [6.45, 7) is 1.93. The van der Waals surface area contributed by atoms with E-state index in [2.05, 4.69) is 16.0 Å². The summed E-state index contributed by atoms with van der Waals surface area (Å²) in [5.41, 5.74) is 2.04. The van der Waals surface area contributed by atoms with Crippen LogP contribution in [-0.2, 0) is 0 Å². The number of para-hydroxylation sites is 1. The monoisotopic (exact) mass is 449 g/mol. The molecule has 0 radical (unpaired) electrons. The van der Waals surface area contributed by atoms with Crippen molar-refractivity contribution in [3.05, 3.63) is 64.7 Å². The van der Waals surface area contributed by atoms with Crippen LogP contribution < -0.4 is 16.0 Å². The highest BCUT2D eigenvalue weighted by Gasteiger charge is 2.35. The first kappa shape index (κ1) is 21.1. The van der Waals surface area contributed by atoms with Gasteiger partial charge in [0.05, 0.1) is 10.6 Å². The molecule has 0 unspecified atom stereocenters. The molecule has 2 rings (SSSR count). The van der Waals surface area contributed by atoms with Gasteiger partial charge in [0, 0.05) is 5.69 Å². The second kappa shape index (κ2) is 9.11. The van der Waals surface area contributed by atoms with Gasteiger partial charge in [-0.15, -0.1) is 0 Å². The number of hydrogen-bond donors (Lipinski definition) is 3. The van der Waals surface area contributed by atoms with E-state index in [1.807, 2.05) is 31.2 Å². The zero-order valence-electron chi connectivity index (χ0n) is 13.5. The molecular weight excluding hydrogens is 436 g/mol. The SMILES string of the molecule is Cc1ccccc1NC(=S)N[C@@H](NC(=O)c1ccccc1Cl)C(Cl)(Cl)Cl. The Labute approximate surface area is 177 Å². The summed E-state index contributed by atoms with van der Waals surface area (Å²) >= 11 is 29.2. The second-order valence-corrected chi connectivity index (χ2v) is 8.53. The van der Waals surface area contributed by atoms with Crippen LogP contribution in [0, 0.1) is 6.92 Å². The standard InChI is InChI=1S/C17H15Cl4N3OS/c1-10-6-2-5-9-13(10)22-16(26)24-15(17(19,20)21)23-14(25)11-7-3-4-8-12(11)18/h2-9,15H,1H3,(H,23,25)(H2,22,24,26)/t15-/m1/s1. The number of nitrogens with one attached hydrogen (secondary N) is 3. The van der Waals surface area contributed by atoms with E-state index in [9.17, 15) is 4.79 Å². The topological polar surface area (TPSA) is 53.2 Å². The maximum absolute atomic E-state index is 12.4. The minimum absolute atomic E-state index is 0.190. The number of hydrogen-bond acceptors (Lipinski definition) is 2. The lowest BCUT2D eigenvalue weighted by Gasteiger charge is -2.28. The predicted octanol–water partition coefficient (Wildman–Crippen LogP) is 5.06. The Balaban J connectivity index is 2.10. The highest BCUT2D eigenvalue weighted by atomic mass is 35.6. The second-order valence-electron chi connectivity index (χ2n) is 5.34. The van der Waals surface area contributed by atoms with Crippen molar-refractivity contribution in [1.82, 2.24) is 10.6 Å². The molecule has 0 bridgehead atoms. The Morgan fingerprint density at radius 1 is 1.04 bits per heavy atom. The first-order valence-electron chi connectivity index (χ1n) is 7.43. The number of amides is 1. The number of benzene rings is 2. The van der Waals surface area contributed by atoms with Crippen LogP contribution in [0.5, 0.6) is 0 Å². The van der Waals surface area contributed by atoms with Crippen molar-refractivity contribution in [1.29, 1.82) is 0 Å². The first-order valence-corrected chi connectivity index (χ1v) is 9.36. The fourth-order valence-electron chi connectivity index (χ4n) is 2.06. The number of aryl methyl sites for hydroxylation is 1. The molecule has 0 saturated carbocycles. The van der Waals surface area contributed by atoms with E-state index < -0.39 is 15.9 Å². The van der Waals surface area contributed by atoms with Gasteiger partial charge in [-0.1, -0.05) is 76.7 Å². The van der Waals surface area contributed by atoms with Crippen LogP contribution in [0.2, 0.25) is 5.02 Å². The zero-order chi connectivity index (χ0) is 19.3. The lowest BCUT2D eigenvalue weighted by Crippen LogP contribution is -2.56. The third-order valence-electron chi connectivity index (χ3n) is 3.39. The highest BCUT2D eigenvalue weighted by Crippen LogP contribution is 2.29. The molecular formula is C17H15Cl4N3OS. The van der Waals surface area contributed by atoms with Crippen LogP contribution in [0.25, 0.3) is 0 Å². The number of anilines is 1. The normalized spacial score (nSPS) is 12.2. The van der Waals surface area contributed by atoms with E-state index in [-0.39, 0.29) is 15.7 Å². The van der Waals surface area contributed by atoms with Gasteiger partial charge in [0.1, 0.15) is 6.17 Å². The average Bonchev–Trinajstić information content (AvgIpc) is 2.56. The van der Waals surface area contributed by atoms with Crippen molar-refractivity contribution in [2.24, 2.45) is 0 Å². The fourth-order valence-corrected chi connectivity index (χ4v) is 2.83. The van der Waals surface area contributed by atoms with Crippen LogP contribution in [0.3, 0.4) is 0 Å². The van der Waals surface area contributed by atoms with Gasteiger partial charge in [-0.2, -0.15) is 0 Å². The minimum atomic E-state index is -1.85. The third kappa shape index (κ3) is 5.89. The Kier molecular flexibility index (Phi) is 7.38. The first-order chi connectivity index (χ1) is 12.2. The van der Waals surface area contributed by atoms with Gasteiger partial charge < -0.3 is 16.0 Å². The average molecular weight is 451 g/mol. The van der Waals surface area contributed by atoms with Crippen LogP contribution in [0.15, 0.2) is 48.5 Å². The smallest absolute Gasteiger partial charge is 0.254 e. The lowest BCUT2D eigenvalue weighted by molar-refractivity contribution is 0.0934. The lowest BCUT2D eigenvalue weighted by atomic mass is 10.2. The predicted molar refractivity (Wildman–Crippen MR) is 114 cm³/mol. The Bertz CT molecular complexity index is 811. The van der Waals surface area contributed by atoms with E-state index in [0.29, 0.717) is 0 Å². The molecule has 9 heteroatoms. The number of halogens is 4. The van der Waals surface area contributed by atoms with E-state index >= 15 is 0 Å². The molecule has 0 aliphatic heterocycles. The quantitative estimate of drug-likeness (QED) is 0.346. The van der Waals surface area contributed by atoms with Crippen molar-refractivity contribution in [2.75, 3.05) is 5.32 Å². The van der Waals surface area contributed by atoms with Crippen LogP contribution in [-0.4, -0.2) is 21.0 Å². The van der Waals surface area contributed by atoms with Crippen molar-refractivity contribution in [3.63, 3.8) is 0 Å². The van der Waals surface area contributed by atoms with E-state index in [0.717, 1.165) is 11.3 Å². The molecule has 0 aliphatic carbocycles. The van der Waals surface area contributed by atoms with Gasteiger partial charge in [-0.05, 0) is 42.9 Å². The van der Waals surface area contributed by atoms with Gasteiger partial charge >= 0.3 is 0 Å². The summed E-state index contributed by atoms with van der Waals surface area (Å²) in [7, 11) is 0. The van der Waals surface area contributed by atoms with E-state index in [1.165, 1.54) is 0 Å². The van der Waals surface area contributed by atoms with Crippen LogP contribution in [0.1, 0.15) is 15.9 Å². The van der Waals surface area contributed by atoms with Gasteiger partial charge in [0.25, 0.3) is 5.91 Å². The number of carbonyl (C=O) groups excluding carboxylic acids is 1. The molecule has 2 aromatic rings. The zero-order valence-corrected chi connectivity index (χ0v) is 17.4. The van der Waals surface area contributed by atoms with Crippen LogP contribution in [0.4, 0.5) is 5.69 Å². The molecule has 26 heavy (non-hydrogen) atoms. The number of thiocarbonyl (C=S) groups is 1. The largest absolute Gasteiger partial charge is 0.339 e. The van der Waals surface area contributed by atoms with Gasteiger partial charge in [-0.3, -0.25) is 4.79 Å². The number of carbonyl (C=O) groups is 1. The molecule has 3 N–H and O–H groups in total. The Hall–Kier alpha value is -1.24. The van der Waals surface area contributed by atoms with Crippen molar-refractivity contribution >= 4 is 75.3 Å². The maximum atomic E-state index is 12.4. The fraction of sp³-hybridized carbons (Fsp3) is 0.176. The third-order valence-corrected chi connectivity index (χ3v) is 4.59. The summed E-state index contributed by atoms with van der Waals surface area (Å²) in [5.74, 6) is -0.502. The van der Waals surface area contributed by atoms with Crippen LogP contribution >= 0.6 is 58.6 Å². The molecule has 0 spiro atoms. The molecule has 0 saturated heterocycles. The van der Waals surface area contributed by atoms with Crippen molar-refractivity contribution < 1.29 is 4.79 Å². The van der Waals surface area contributed by atoms with E-state index in [4.69, 9.17) is 58.6 Å². The molecule has 0 fully saturated rings. The minimum Gasteiger partial charge on any atom is -0.339 e. The molecule has 0 heterocycles. The Morgan fingerprint density at radius 2 is 1.65 bits per heavy atom. The molecule has 1 amide bonds. The summed E-state index contributed by atoms with van der Waals surface area (Å²) in [4.78, 5) is 12.4. The molecule has 138 valence electrons. The molecule has 4 nitrogen and oxygen atoms in total. The highest BCUT2D eigenvalue weighted by molar-refractivity contribution is 7.80. The summed E-state index contributed by atoms with van der Waals surface area (Å²) in [6.07, 6.45) is -1.08.